The molecule has 1 atom stereocenters. The van der Waals surface area contributed by atoms with Crippen LogP contribution in [-0.4, -0.2) is 7.05 Å². The molecule has 190 valence electrons. The SMILES string of the molecule is C=C(C)/C(=C\C=C(C)C)C(/C(=C/C)NC)c1ccc(C)c(/C(C)=C(/CC2CCCCC2)C(=C)C)c1. The summed E-state index contributed by atoms with van der Waals surface area (Å²) in [5, 5.41) is 3.46. The van der Waals surface area contributed by atoms with E-state index in [0.29, 0.717) is 0 Å². The molecule has 1 aliphatic rings. The highest BCUT2D eigenvalue weighted by molar-refractivity contribution is 5.73. The smallest absolute Gasteiger partial charge is 0.0486 e. The van der Waals surface area contributed by atoms with Crippen molar-refractivity contribution in [2.24, 2.45) is 5.92 Å². The van der Waals surface area contributed by atoms with Crippen LogP contribution in [0.5, 0.6) is 0 Å². The van der Waals surface area contributed by atoms with Crippen LogP contribution in [0.25, 0.3) is 5.57 Å². The second kappa shape index (κ2) is 13.5. The minimum Gasteiger partial charge on any atom is -0.391 e. The summed E-state index contributed by atoms with van der Waals surface area (Å²) in [6.45, 7) is 24.0. The van der Waals surface area contributed by atoms with E-state index in [2.05, 4.69) is 103 Å². The topological polar surface area (TPSA) is 12.0 Å². The van der Waals surface area contributed by atoms with E-state index < -0.39 is 0 Å². The van der Waals surface area contributed by atoms with Gasteiger partial charge in [0, 0.05) is 18.7 Å². The number of benzene rings is 1. The minimum absolute atomic E-state index is 0.108. The molecule has 35 heavy (non-hydrogen) atoms. The molecule has 0 amide bonds. The summed E-state index contributed by atoms with van der Waals surface area (Å²) in [4.78, 5) is 0. The first-order valence-electron chi connectivity index (χ1n) is 13.4. The summed E-state index contributed by atoms with van der Waals surface area (Å²) in [5.74, 6) is 0.902. The Kier molecular flexibility index (Phi) is 11.1. The molecular formula is C34H49N. The predicted molar refractivity (Wildman–Crippen MR) is 158 cm³/mol. The highest BCUT2D eigenvalue weighted by Crippen LogP contribution is 2.39. The number of allylic oxidation sites excluding steroid dienone is 9. The third-order valence-electron chi connectivity index (χ3n) is 7.50. The molecule has 1 N–H and O–H groups in total. The van der Waals surface area contributed by atoms with Crippen molar-refractivity contribution in [2.45, 2.75) is 92.9 Å². The standard InChI is InChI=1S/C34H49N/c1-11-33(35-10)34(30(24(4)5)20-17-23(2)3)29-19-18-26(8)32(22-29)27(9)31(25(6)7)21-28-15-13-12-14-16-28/h11,17-20,22,28,34-35H,4,6,12-16,21H2,1-3,5,7-10H3/b30-20+,31-27-,33-11-. The van der Waals surface area contributed by atoms with E-state index >= 15 is 0 Å². The zero-order valence-electron chi connectivity index (χ0n) is 23.8. The van der Waals surface area contributed by atoms with Crippen molar-refractivity contribution in [3.05, 3.63) is 99.8 Å². The lowest BCUT2D eigenvalue weighted by Crippen LogP contribution is -2.18. The first kappa shape index (κ1) is 28.7. The van der Waals surface area contributed by atoms with E-state index in [1.807, 2.05) is 7.05 Å². The molecule has 0 heterocycles. The molecule has 1 aliphatic carbocycles. The highest BCUT2D eigenvalue weighted by Gasteiger charge is 2.23. The van der Waals surface area contributed by atoms with Crippen molar-refractivity contribution < 1.29 is 0 Å². The molecule has 0 bridgehead atoms. The Morgan fingerprint density at radius 3 is 2.17 bits per heavy atom. The van der Waals surface area contributed by atoms with Crippen molar-refractivity contribution >= 4 is 5.57 Å². The number of rotatable bonds is 10. The molecule has 1 aromatic carbocycles. The number of hydrogen-bond acceptors (Lipinski definition) is 1. The van der Waals surface area contributed by atoms with Gasteiger partial charge in [0.15, 0.2) is 0 Å². The minimum atomic E-state index is 0.108. The lowest BCUT2D eigenvalue weighted by Gasteiger charge is -2.27. The molecule has 0 aliphatic heterocycles. The van der Waals surface area contributed by atoms with E-state index in [9.17, 15) is 0 Å². The third kappa shape index (κ3) is 7.72. The van der Waals surface area contributed by atoms with Crippen molar-refractivity contribution in [3.63, 3.8) is 0 Å². The van der Waals surface area contributed by atoms with Gasteiger partial charge in [0.1, 0.15) is 0 Å². The van der Waals surface area contributed by atoms with Gasteiger partial charge in [-0.05, 0) is 94.2 Å². The van der Waals surface area contributed by atoms with Crippen molar-refractivity contribution in [2.75, 3.05) is 7.05 Å². The molecule has 1 unspecified atom stereocenters. The predicted octanol–water partition coefficient (Wildman–Crippen LogP) is 9.99. The maximum Gasteiger partial charge on any atom is 0.0486 e. The Morgan fingerprint density at radius 2 is 1.66 bits per heavy atom. The first-order chi connectivity index (χ1) is 16.6. The Bertz CT molecular complexity index is 1030. The second-order valence-electron chi connectivity index (χ2n) is 10.7. The maximum atomic E-state index is 4.40. The summed E-state index contributed by atoms with van der Waals surface area (Å²) in [7, 11) is 2.02. The molecule has 2 rings (SSSR count). The normalized spacial score (nSPS) is 16.9. The van der Waals surface area contributed by atoms with Crippen molar-refractivity contribution in [3.8, 4) is 0 Å². The van der Waals surface area contributed by atoms with Crippen LogP contribution in [0.1, 0.15) is 103 Å². The Balaban J connectivity index is 2.67. The van der Waals surface area contributed by atoms with Crippen LogP contribution >= 0.6 is 0 Å². The van der Waals surface area contributed by atoms with Gasteiger partial charge in [0.25, 0.3) is 0 Å². The van der Waals surface area contributed by atoms with E-state index in [-0.39, 0.29) is 5.92 Å². The van der Waals surface area contributed by atoms with Gasteiger partial charge in [-0.2, -0.15) is 0 Å². The zero-order valence-corrected chi connectivity index (χ0v) is 23.8. The Morgan fingerprint density at radius 1 is 1.00 bits per heavy atom. The number of nitrogens with one attached hydrogen (secondary N) is 1. The van der Waals surface area contributed by atoms with E-state index in [0.717, 1.165) is 17.9 Å². The fourth-order valence-corrected chi connectivity index (χ4v) is 5.44. The fourth-order valence-electron chi connectivity index (χ4n) is 5.44. The summed E-state index contributed by atoms with van der Waals surface area (Å²) < 4.78 is 0. The van der Waals surface area contributed by atoms with Crippen molar-refractivity contribution in [1.82, 2.24) is 5.32 Å². The fraction of sp³-hybridized carbons (Fsp3) is 0.471. The molecule has 1 nitrogen and oxygen atoms in total. The second-order valence-corrected chi connectivity index (χ2v) is 10.7. The molecule has 1 fully saturated rings. The van der Waals surface area contributed by atoms with Gasteiger partial charge in [-0.25, -0.2) is 0 Å². The molecule has 1 aromatic rings. The van der Waals surface area contributed by atoms with Crippen LogP contribution in [0.2, 0.25) is 0 Å². The summed E-state index contributed by atoms with van der Waals surface area (Å²) >= 11 is 0. The average Bonchev–Trinajstić information content (AvgIpc) is 2.82. The van der Waals surface area contributed by atoms with E-state index in [1.54, 1.807) is 0 Å². The van der Waals surface area contributed by atoms with Crippen LogP contribution in [0, 0.1) is 12.8 Å². The van der Waals surface area contributed by atoms with Crippen LogP contribution in [-0.2, 0) is 0 Å². The van der Waals surface area contributed by atoms with Gasteiger partial charge in [0.05, 0.1) is 0 Å². The summed E-state index contributed by atoms with van der Waals surface area (Å²) in [6.07, 6.45) is 14.6. The molecule has 0 spiro atoms. The molecule has 1 saturated carbocycles. The number of aryl methyl sites for hydroxylation is 1. The monoisotopic (exact) mass is 471 g/mol. The Labute approximate surface area is 216 Å². The van der Waals surface area contributed by atoms with Gasteiger partial charge in [-0.1, -0.05) is 98.4 Å². The molecule has 1 heteroatoms. The van der Waals surface area contributed by atoms with Gasteiger partial charge in [-0.15, -0.1) is 0 Å². The van der Waals surface area contributed by atoms with Gasteiger partial charge >= 0.3 is 0 Å². The molecule has 0 radical (unpaired) electrons. The van der Waals surface area contributed by atoms with Gasteiger partial charge < -0.3 is 5.32 Å². The van der Waals surface area contributed by atoms with Gasteiger partial charge in [-0.3, -0.25) is 0 Å². The van der Waals surface area contributed by atoms with Crippen molar-refractivity contribution in [1.29, 1.82) is 0 Å². The highest BCUT2D eigenvalue weighted by atomic mass is 14.8. The van der Waals surface area contributed by atoms with Crippen LogP contribution in [0.15, 0.2) is 83.1 Å². The van der Waals surface area contributed by atoms with Crippen LogP contribution in [0.3, 0.4) is 0 Å². The average molecular weight is 472 g/mol. The molecular weight excluding hydrogens is 422 g/mol. The van der Waals surface area contributed by atoms with E-state index in [4.69, 9.17) is 0 Å². The maximum absolute atomic E-state index is 4.40. The van der Waals surface area contributed by atoms with Crippen LogP contribution in [0.4, 0.5) is 0 Å². The third-order valence-corrected chi connectivity index (χ3v) is 7.50. The largest absolute Gasteiger partial charge is 0.391 e. The zero-order chi connectivity index (χ0) is 26.1. The lowest BCUT2D eigenvalue weighted by molar-refractivity contribution is 0.357. The Hall–Kier alpha value is -2.54. The van der Waals surface area contributed by atoms with Crippen LogP contribution < -0.4 is 5.32 Å². The quantitative estimate of drug-likeness (QED) is 0.335. The van der Waals surface area contributed by atoms with E-state index in [1.165, 1.54) is 82.4 Å². The number of likely N-dealkylation sites (N-methyl/N-ethyl adjacent to an activating group) is 1. The summed E-state index contributed by atoms with van der Waals surface area (Å²) in [5.41, 5.74) is 12.8. The number of hydrogen-bond donors (Lipinski definition) is 1. The summed E-state index contributed by atoms with van der Waals surface area (Å²) in [6, 6.07) is 7.00. The molecule has 0 saturated heterocycles. The lowest BCUT2D eigenvalue weighted by atomic mass is 9.79. The van der Waals surface area contributed by atoms with Gasteiger partial charge in [0.2, 0.25) is 0 Å². The first-order valence-corrected chi connectivity index (χ1v) is 13.4. The molecule has 0 aromatic heterocycles.